The number of nitrogens with zero attached hydrogens (tertiary/aromatic N) is 3. The van der Waals surface area contributed by atoms with E-state index in [0.29, 0.717) is 43.7 Å². The van der Waals surface area contributed by atoms with Crippen molar-refractivity contribution in [1.29, 1.82) is 0 Å². The highest BCUT2D eigenvalue weighted by atomic mass is 16.3. The van der Waals surface area contributed by atoms with Gasteiger partial charge in [0.25, 0.3) is 17.7 Å². The maximum absolute atomic E-state index is 12.6. The Balaban J connectivity index is 1.25. The van der Waals surface area contributed by atoms with Crippen molar-refractivity contribution in [1.82, 2.24) is 14.7 Å². The van der Waals surface area contributed by atoms with E-state index in [2.05, 4.69) is 0 Å². The van der Waals surface area contributed by atoms with Gasteiger partial charge in [0.05, 0.1) is 16.7 Å². The molecular weight excluding hydrogens is 398 g/mol. The number of phenolic OH excluding ortho intramolecular Hbond substituents is 1. The molecule has 0 atom stereocenters. The van der Waals surface area contributed by atoms with E-state index in [-0.39, 0.29) is 47.9 Å². The van der Waals surface area contributed by atoms with Crippen molar-refractivity contribution >= 4 is 23.6 Å². The molecule has 2 aromatic carbocycles. The third kappa shape index (κ3) is 4.01. The molecule has 31 heavy (non-hydrogen) atoms. The first-order valence-electron chi connectivity index (χ1n) is 10.3. The molecule has 0 aliphatic carbocycles. The molecule has 1 N–H and O–H groups in total. The number of fused-ring (bicyclic) bond motifs is 1. The highest BCUT2D eigenvalue weighted by Gasteiger charge is 2.34. The van der Waals surface area contributed by atoms with E-state index in [9.17, 15) is 24.3 Å². The van der Waals surface area contributed by atoms with Gasteiger partial charge in [0.15, 0.2) is 0 Å². The van der Waals surface area contributed by atoms with E-state index in [1.807, 2.05) is 0 Å². The first-order valence-corrected chi connectivity index (χ1v) is 10.3. The first kappa shape index (κ1) is 20.6. The molecule has 0 saturated carbocycles. The summed E-state index contributed by atoms with van der Waals surface area (Å²) in [4.78, 5) is 54.4. The number of hydrogen-bond acceptors (Lipinski definition) is 5. The van der Waals surface area contributed by atoms with Gasteiger partial charge in [0.1, 0.15) is 5.75 Å². The number of carbonyl (C=O) groups is 4. The third-order valence-corrected chi connectivity index (χ3v) is 5.70. The largest absolute Gasteiger partial charge is 0.507 e. The normalized spacial score (nSPS) is 15.9. The van der Waals surface area contributed by atoms with Crippen LogP contribution in [-0.2, 0) is 4.79 Å². The summed E-state index contributed by atoms with van der Waals surface area (Å²) in [5, 5.41) is 9.87. The molecule has 4 rings (SSSR count). The summed E-state index contributed by atoms with van der Waals surface area (Å²) >= 11 is 0. The molecule has 2 aliphatic heterocycles. The molecule has 0 aromatic heterocycles. The molecule has 4 amide bonds. The lowest BCUT2D eigenvalue weighted by molar-refractivity contribution is -0.132. The molecule has 1 saturated heterocycles. The highest BCUT2D eigenvalue weighted by Crippen LogP contribution is 2.23. The minimum Gasteiger partial charge on any atom is -0.507 e. The van der Waals surface area contributed by atoms with Crippen molar-refractivity contribution in [3.05, 3.63) is 65.2 Å². The number of carbonyl (C=O) groups excluding carboxylic acids is 4. The Labute approximate surface area is 179 Å². The second-order valence-electron chi connectivity index (χ2n) is 7.60. The fourth-order valence-electron chi connectivity index (χ4n) is 3.97. The van der Waals surface area contributed by atoms with Gasteiger partial charge in [-0.05, 0) is 30.7 Å². The van der Waals surface area contributed by atoms with Crippen LogP contribution in [-0.4, -0.2) is 76.2 Å². The molecule has 2 aromatic rings. The standard InChI is InChI=1S/C23H23N3O5/c27-19-9-4-3-8-18(19)21(29)25-14-12-24(13-15-25)20(28)10-5-11-26-22(30)16-6-1-2-7-17(16)23(26)31/h1-4,6-9,27H,5,10-15H2. The average molecular weight is 421 g/mol. The van der Waals surface area contributed by atoms with E-state index in [1.54, 1.807) is 52.3 Å². The average Bonchev–Trinajstić information content (AvgIpc) is 3.04. The number of benzene rings is 2. The molecule has 0 bridgehead atoms. The molecule has 2 aliphatic rings. The molecule has 0 unspecified atom stereocenters. The number of para-hydroxylation sites is 1. The minimum absolute atomic E-state index is 0.0563. The van der Waals surface area contributed by atoms with E-state index < -0.39 is 0 Å². The zero-order valence-electron chi connectivity index (χ0n) is 17.0. The van der Waals surface area contributed by atoms with Crippen LogP contribution >= 0.6 is 0 Å². The Hall–Kier alpha value is -3.68. The fourth-order valence-corrected chi connectivity index (χ4v) is 3.97. The molecule has 8 nitrogen and oxygen atoms in total. The fraction of sp³-hybridized carbons (Fsp3) is 0.304. The number of hydrogen-bond donors (Lipinski definition) is 1. The highest BCUT2D eigenvalue weighted by molar-refractivity contribution is 6.21. The second kappa shape index (κ2) is 8.59. The van der Waals surface area contributed by atoms with Crippen molar-refractivity contribution in [3.8, 4) is 5.75 Å². The van der Waals surface area contributed by atoms with Gasteiger partial charge in [-0.2, -0.15) is 0 Å². The van der Waals surface area contributed by atoms with Crippen molar-refractivity contribution in [2.75, 3.05) is 32.7 Å². The Morgan fingerprint density at radius 1 is 0.806 bits per heavy atom. The van der Waals surface area contributed by atoms with E-state index in [4.69, 9.17) is 0 Å². The van der Waals surface area contributed by atoms with Crippen LogP contribution < -0.4 is 0 Å². The SMILES string of the molecule is O=C(CCCN1C(=O)c2ccccc2C1=O)N1CCN(C(=O)c2ccccc2O)CC1. The summed E-state index contributed by atoms with van der Waals surface area (Å²) in [6.45, 7) is 1.79. The lowest BCUT2D eigenvalue weighted by Crippen LogP contribution is -2.50. The number of aromatic hydroxyl groups is 1. The summed E-state index contributed by atoms with van der Waals surface area (Å²) in [5.74, 6) is -1.00. The van der Waals surface area contributed by atoms with E-state index >= 15 is 0 Å². The van der Waals surface area contributed by atoms with Gasteiger partial charge in [0, 0.05) is 39.1 Å². The Bertz CT molecular complexity index is 1010. The summed E-state index contributed by atoms with van der Waals surface area (Å²) in [6.07, 6.45) is 0.613. The van der Waals surface area contributed by atoms with Crippen LogP contribution in [0.5, 0.6) is 5.75 Å². The smallest absolute Gasteiger partial charge is 0.261 e. The van der Waals surface area contributed by atoms with Gasteiger partial charge in [-0.25, -0.2) is 0 Å². The van der Waals surface area contributed by atoms with Crippen molar-refractivity contribution in [2.45, 2.75) is 12.8 Å². The van der Waals surface area contributed by atoms with Gasteiger partial charge in [-0.15, -0.1) is 0 Å². The molecule has 160 valence electrons. The van der Waals surface area contributed by atoms with E-state index in [0.717, 1.165) is 0 Å². The zero-order chi connectivity index (χ0) is 22.0. The Morgan fingerprint density at radius 2 is 1.35 bits per heavy atom. The maximum Gasteiger partial charge on any atom is 0.261 e. The molecule has 8 heteroatoms. The van der Waals surface area contributed by atoms with Crippen LogP contribution in [0, 0.1) is 0 Å². The van der Waals surface area contributed by atoms with Crippen LogP contribution in [0.2, 0.25) is 0 Å². The number of imide groups is 1. The summed E-state index contributed by atoms with van der Waals surface area (Å²) in [5.41, 5.74) is 1.07. The second-order valence-corrected chi connectivity index (χ2v) is 7.60. The van der Waals surface area contributed by atoms with Crippen LogP contribution in [0.3, 0.4) is 0 Å². The van der Waals surface area contributed by atoms with Gasteiger partial charge >= 0.3 is 0 Å². The van der Waals surface area contributed by atoms with Crippen LogP contribution in [0.4, 0.5) is 0 Å². The summed E-state index contributed by atoms with van der Waals surface area (Å²) < 4.78 is 0. The predicted molar refractivity (Wildman–Crippen MR) is 112 cm³/mol. The zero-order valence-corrected chi connectivity index (χ0v) is 17.0. The van der Waals surface area contributed by atoms with Crippen LogP contribution in [0.15, 0.2) is 48.5 Å². The van der Waals surface area contributed by atoms with Gasteiger partial charge in [-0.3, -0.25) is 24.1 Å². The summed E-state index contributed by atoms with van der Waals surface area (Å²) in [6, 6.07) is 13.1. The number of piperazine rings is 1. The lowest BCUT2D eigenvalue weighted by Gasteiger charge is -2.35. The van der Waals surface area contributed by atoms with Gasteiger partial charge < -0.3 is 14.9 Å². The molecule has 0 spiro atoms. The molecule has 0 radical (unpaired) electrons. The van der Waals surface area contributed by atoms with Crippen molar-refractivity contribution in [3.63, 3.8) is 0 Å². The van der Waals surface area contributed by atoms with Crippen molar-refractivity contribution < 1.29 is 24.3 Å². The third-order valence-electron chi connectivity index (χ3n) is 5.70. The van der Waals surface area contributed by atoms with Gasteiger partial charge in [-0.1, -0.05) is 24.3 Å². The quantitative estimate of drug-likeness (QED) is 0.742. The number of rotatable bonds is 5. The molecular formula is C23H23N3O5. The molecule has 2 heterocycles. The van der Waals surface area contributed by atoms with Crippen LogP contribution in [0.25, 0.3) is 0 Å². The number of amides is 4. The maximum atomic E-state index is 12.6. The number of phenols is 1. The molecule has 1 fully saturated rings. The first-order chi connectivity index (χ1) is 15.0. The topological polar surface area (TPSA) is 98.2 Å². The van der Waals surface area contributed by atoms with Gasteiger partial charge in [0.2, 0.25) is 5.91 Å². The van der Waals surface area contributed by atoms with Crippen molar-refractivity contribution in [2.24, 2.45) is 0 Å². The monoisotopic (exact) mass is 421 g/mol. The Kier molecular flexibility index (Phi) is 5.70. The Morgan fingerprint density at radius 3 is 1.97 bits per heavy atom. The summed E-state index contributed by atoms with van der Waals surface area (Å²) in [7, 11) is 0. The lowest BCUT2D eigenvalue weighted by atomic mass is 10.1. The van der Waals surface area contributed by atoms with Crippen LogP contribution in [0.1, 0.15) is 43.9 Å². The van der Waals surface area contributed by atoms with E-state index in [1.165, 1.54) is 11.0 Å². The minimum atomic E-state index is -0.315. The predicted octanol–water partition coefficient (Wildman–Crippen LogP) is 1.75.